The molecular formula is C16H19N3O2. The molecule has 0 aliphatic rings. The lowest BCUT2D eigenvalue weighted by Crippen LogP contribution is -2.14. The first-order chi connectivity index (χ1) is 10.1. The topological polar surface area (TPSA) is 90.4 Å². The largest absolute Gasteiger partial charge is 0.397 e. The van der Waals surface area contributed by atoms with Crippen LogP contribution in [0.2, 0.25) is 0 Å². The third-order valence-corrected chi connectivity index (χ3v) is 3.21. The van der Waals surface area contributed by atoms with Gasteiger partial charge in [-0.3, -0.25) is 4.79 Å². The molecular weight excluding hydrogens is 266 g/mol. The summed E-state index contributed by atoms with van der Waals surface area (Å²) in [7, 11) is 1.66. The maximum Gasteiger partial charge on any atom is 0.250 e. The number of hydrogen-bond donors (Lipinski definition) is 3. The van der Waals surface area contributed by atoms with Crippen molar-refractivity contribution < 1.29 is 9.53 Å². The Bertz CT molecular complexity index is 641. The molecule has 0 heterocycles. The highest BCUT2D eigenvalue weighted by Crippen LogP contribution is 2.29. The highest BCUT2D eigenvalue weighted by Gasteiger charge is 2.12. The number of ether oxygens (including phenoxy) is 1. The van der Waals surface area contributed by atoms with E-state index in [0.717, 1.165) is 17.7 Å². The molecule has 2 aromatic rings. The summed E-state index contributed by atoms with van der Waals surface area (Å²) in [6, 6.07) is 12.9. The molecule has 110 valence electrons. The number of benzene rings is 2. The van der Waals surface area contributed by atoms with Crippen LogP contribution in [0.15, 0.2) is 42.5 Å². The Labute approximate surface area is 123 Å². The number of methoxy groups -OCH3 is 1. The van der Waals surface area contributed by atoms with Gasteiger partial charge in [0, 0.05) is 12.8 Å². The van der Waals surface area contributed by atoms with E-state index >= 15 is 0 Å². The SMILES string of the molecule is COCCc1ccccc1Nc1c(N)cccc1C(N)=O. The molecule has 0 saturated heterocycles. The lowest BCUT2D eigenvalue weighted by Gasteiger charge is -2.15. The number of carbonyl (C=O) groups excluding carboxylic acids is 1. The zero-order chi connectivity index (χ0) is 15.2. The van der Waals surface area contributed by atoms with Crippen LogP contribution in [0.1, 0.15) is 15.9 Å². The molecule has 2 aromatic carbocycles. The number of primary amides is 1. The smallest absolute Gasteiger partial charge is 0.250 e. The Kier molecular flexibility index (Phi) is 4.79. The van der Waals surface area contributed by atoms with Gasteiger partial charge in [-0.2, -0.15) is 0 Å². The normalized spacial score (nSPS) is 10.3. The maximum atomic E-state index is 11.5. The average molecular weight is 285 g/mol. The molecule has 0 atom stereocenters. The number of para-hydroxylation sites is 2. The van der Waals surface area contributed by atoms with Crippen molar-refractivity contribution in [2.45, 2.75) is 6.42 Å². The van der Waals surface area contributed by atoms with Crippen molar-refractivity contribution in [1.82, 2.24) is 0 Å². The summed E-state index contributed by atoms with van der Waals surface area (Å²) < 4.78 is 5.11. The molecule has 5 heteroatoms. The molecule has 0 aliphatic carbocycles. The van der Waals surface area contributed by atoms with Gasteiger partial charge in [0.05, 0.1) is 23.5 Å². The van der Waals surface area contributed by atoms with Crippen LogP contribution in [0.3, 0.4) is 0 Å². The van der Waals surface area contributed by atoms with Gasteiger partial charge in [-0.05, 0) is 30.2 Å². The van der Waals surface area contributed by atoms with Gasteiger partial charge in [-0.15, -0.1) is 0 Å². The van der Waals surface area contributed by atoms with E-state index in [1.54, 1.807) is 25.3 Å². The highest BCUT2D eigenvalue weighted by atomic mass is 16.5. The van der Waals surface area contributed by atoms with E-state index < -0.39 is 5.91 Å². The van der Waals surface area contributed by atoms with Gasteiger partial charge in [0.25, 0.3) is 5.91 Å². The minimum atomic E-state index is -0.515. The molecule has 5 nitrogen and oxygen atoms in total. The Hall–Kier alpha value is -2.53. The lowest BCUT2D eigenvalue weighted by molar-refractivity contribution is 0.100. The Balaban J connectivity index is 2.37. The number of rotatable bonds is 6. The van der Waals surface area contributed by atoms with Gasteiger partial charge in [0.1, 0.15) is 0 Å². The number of nitrogens with two attached hydrogens (primary N) is 2. The van der Waals surface area contributed by atoms with Crippen LogP contribution in [-0.2, 0) is 11.2 Å². The van der Waals surface area contributed by atoms with Gasteiger partial charge < -0.3 is 21.5 Å². The standard InChI is InChI=1S/C16H19N3O2/c1-21-10-9-11-5-2-3-8-14(11)19-15-12(16(18)20)6-4-7-13(15)17/h2-8,19H,9-10,17H2,1H3,(H2,18,20). The van der Waals surface area contributed by atoms with Crippen LogP contribution in [0, 0.1) is 0 Å². The third kappa shape index (κ3) is 3.52. The zero-order valence-corrected chi connectivity index (χ0v) is 11.9. The fourth-order valence-electron chi connectivity index (χ4n) is 2.12. The number of carbonyl (C=O) groups is 1. The molecule has 0 fully saturated rings. The predicted octanol–water partition coefficient (Wildman–Crippen LogP) is 2.30. The van der Waals surface area contributed by atoms with Crippen molar-refractivity contribution in [3.05, 3.63) is 53.6 Å². The first kappa shape index (κ1) is 14.9. The average Bonchev–Trinajstić information content (AvgIpc) is 2.48. The van der Waals surface area contributed by atoms with E-state index in [1.807, 2.05) is 24.3 Å². The maximum absolute atomic E-state index is 11.5. The number of nitrogen functional groups attached to an aromatic ring is 1. The molecule has 5 N–H and O–H groups in total. The van der Waals surface area contributed by atoms with E-state index in [4.69, 9.17) is 16.2 Å². The number of amides is 1. The van der Waals surface area contributed by atoms with Crippen LogP contribution >= 0.6 is 0 Å². The van der Waals surface area contributed by atoms with Crippen LogP contribution in [0.25, 0.3) is 0 Å². The van der Waals surface area contributed by atoms with E-state index in [1.165, 1.54) is 0 Å². The van der Waals surface area contributed by atoms with Crippen LogP contribution in [0.5, 0.6) is 0 Å². The van der Waals surface area contributed by atoms with Crippen molar-refractivity contribution in [1.29, 1.82) is 0 Å². The summed E-state index contributed by atoms with van der Waals surface area (Å²) in [6.07, 6.45) is 0.762. The second-order valence-electron chi connectivity index (χ2n) is 4.66. The predicted molar refractivity (Wildman–Crippen MR) is 84.7 cm³/mol. The summed E-state index contributed by atoms with van der Waals surface area (Å²) in [4.78, 5) is 11.5. The molecule has 2 rings (SSSR count). The fourth-order valence-corrected chi connectivity index (χ4v) is 2.12. The molecule has 21 heavy (non-hydrogen) atoms. The first-order valence-corrected chi connectivity index (χ1v) is 6.65. The van der Waals surface area contributed by atoms with Crippen molar-refractivity contribution in [3.8, 4) is 0 Å². The van der Waals surface area contributed by atoms with E-state index in [0.29, 0.717) is 23.5 Å². The zero-order valence-electron chi connectivity index (χ0n) is 11.9. The van der Waals surface area contributed by atoms with Crippen LogP contribution in [0.4, 0.5) is 17.1 Å². The van der Waals surface area contributed by atoms with Gasteiger partial charge in [0.2, 0.25) is 0 Å². The Morgan fingerprint density at radius 3 is 2.67 bits per heavy atom. The summed E-state index contributed by atoms with van der Waals surface area (Å²) in [5.41, 5.74) is 14.7. The second-order valence-corrected chi connectivity index (χ2v) is 4.66. The molecule has 0 radical (unpaired) electrons. The van der Waals surface area contributed by atoms with Gasteiger partial charge in [-0.1, -0.05) is 24.3 Å². The van der Waals surface area contributed by atoms with Crippen molar-refractivity contribution >= 4 is 23.0 Å². The molecule has 1 amide bonds. The minimum Gasteiger partial charge on any atom is -0.397 e. The summed E-state index contributed by atoms with van der Waals surface area (Å²) in [6.45, 7) is 0.617. The monoisotopic (exact) mass is 285 g/mol. The Morgan fingerprint density at radius 1 is 1.19 bits per heavy atom. The van der Waals surface area contributed by atoms with Crippen molar-refractivity contribution in [3.63, 3.8) is 0 Å². The fraction of sp³-hybridized carbons (Fsp3) is 0.188. The number of nitrogens with one attached hydrogen (secondary N) is 1. The van der Waals surface area contributed by atoms with E-state index in [2.05, 4.69) is 5.32 Å². The molecule has 0 unspecified atom stereocenters. The molecule has 0 spiro atoms. The van der Waals surface area contributed by atoms with Gasteiger partial charge in [-0.25, -0.2) is 0 Å². The summed E-state index contributed by atoms with van der Waals surface area (Å²) in [5, 5.41) is 3.22. The molecule has 0 saturated carbocycles. The summed E-state index contributed by atoms with van der Waals surface area (Å²) in [5.74, 6) is -0.515. The third-order valence-electron chi connectivity index (χ3n) is 3.21. The minimum absolute atomic E-state index is 0.372. The van der Waals surface area contributed by atoms with Crippen LogP contribution < -0.4 is 16.8 Å². The lowest BCUT2D eigenvalue weighted by atomic mass is 10.1. The quantitative estimate of drug-likeness (QED) is 0.710. The van der Waals surface area contributed by atoms with Crippen molar-refractivity contribution in [2.24, 2.45) is 5.73 Å². The Morgan fingerprint density at radius 2 is 1.95 bits per heavy atom. The molecule has 0 bridgehead atoms. The highest BCUT2D eigenvalue weighted by molar-refractivity contribution is 6.02. The van der Waals surface area contributed by atoms with E-state index in [9.17, 15) is 4.79 Å². The van der Waals surface area contributed by atoms with Gasteiger partial charge in [0.15, 0.2) is 0 Å². The first-order valence-electron chi connectivity index (χ1n) is 6.65. The molecule has 0 aliphatic heterocycles. The molecule has 0 aromatic heterocycles. The van der Waals surface area contributed by atoms with Crippen LogP contribution in [-0.4, -0.2) is 19.6 Å². The summed E-state index contributed by atoms with van der Waals surface area (Å²) >= 11 is 0. The number of anilines is 3. The van der Waals surface area contributed by atoms with E-state index in [-0.39, 0.29) is 0 Å². The van der Waals surface area contributed by atoms with Gasteiger partial charge >= 0.3 is 0 Å². The second kappa shape index (κ2) is 6.76. The number of hydrogen-bond acceptors (Lipinski definition) is 4. The van der Waals surface area contributed by atoms with Crippen molar-refractivity contribution in [2.75, 3.05) is 24.8 Å².